The highest BCUT2D eigenvalue weighted by Gasteiger charge is 2.07. The van der Waals surface area contributed by atoms with Crippen molar-refractivity contribution in [1.29, 1.82) is 0 Å². The van der Waals surface area contributed by atoms with E-state index in [4.69, 9.17) is 4.74 Å². The van der Waals surface area contributed by atoms with Gasteiger partial charge in [-0.3, -0.25) is 4.79 Å². The predicted octanol–water partition coefficient (Wildman–Crippen LogP) is 2.42. The number of nitrogens with one attached hydrogen (secondary N) is 1. The summed E-state index contributed by atoms with van der Waals surface area (Å²) in [6, 6.07) is 9.61. The number of hydrogen-bond donors (Lipinski definition) is 1. The number of rotatable bonds is 5. The van der Waals surface area contributed by atoms with Crippen molar-refractivity contribution in [2.45, 2.75) is 26.9 Å². The molecular weight excluding hydrogens is 266 g/mol. The minimum atomic E-state index is -0.109. The topological polar surface area (TPSA) is 64.1 Å². The van der Waals surface area contributed by atoms with Crippen LogP contribution in [0.3, 0.4) is 0 Å². The van der Waals surface area contributed by atoms with Gasteiger partial charge in [0.2, 0.25) is 5.91 Å². The van der Waals surface area contributed by atoms with Crippen molar-refractivity contribution in [3.63, 3.8) is 0 Å². The molecule has 0 aliphatic carbocycles. The largest absolute Gasteiger partial charge is 0.380 e. The maximum Gasteiger partial charge on any atom is 0.229 e. The summed E-state index contributed by atoms with van der Waals surface area (Å²) in [4.78, 5) is 12.0. The Bertz CT molecular complexity index is 641. The van der Waals surface area contributed by atoms with Crippen LogP contribution < -0.4 is 5.32 Å². The molecule has 0 bridgehead atoms. The lowest BCUT2D eigenvalue weighted by Crippen LogP contribution is -2.16. The zero-order valence-corrected chi connectivity index (χ0v) is 12.5. The lowest BCUT2D eigenvalue weighted by molar-refractivity contribution is -0.115. The molecule has 0 radical (unpaired) electrons. The molecule has 110 valence electrons. The van der Waals surface area contributed by atoms with Crippen LogP contribution in [0, 0.1) is 13.8 Å². The molecule has 0 spiro atoms. The Labute approximate surface area is 124 Å². The van der Waals surface area contributed by atoms with E-state index in [0.29, 0.717) is 18.8 Å². The second-order valence-corrected chi connectivity index (χ2v) is 4.98. The molecule has 5 heteroatoms. The molecule has 1 aromatic heterocycles. The van der Waals surface area contributed by atoms with Gasteiger partial charge in [-0.1, -0.05) is 24.3 Å². The van der Waals surface area contributed by atoms with E-state index in [1.165, 1.54) is 0 Å². The smallest absolute Gasteiger partial charge is 0.229 e. The first-order valence-corrected chi connectivity index (χ1v) is 6.76. The summed E-state index contributed by atoms with van der Waals surface area (Å²) in [7, 11) is 1.65. The molecule has 0 saturated heterocycles. The molecule has 1 heterocycles. The Hall–Kier alpha value is -2.27. The van der Waals surface area contributed by atoms with E-state index >= 15 is 0 Å². The van der Waals surface area contributed by atoms with E-state index in [-0.39, 0.29) is 5.91 Å². The maximum absolute atomic E-state index is 12.0. The SMILES string of the molecule is COCc1cccc(CC(=O)Nc2cc(C)c(C)nn2)c1. The molecule has 0 aliphatic rings. The summed E-state index contributed by atoms with van der Waals surface area (Å²) < 4.78 is 5.09. The van der Waals surface area contributed by atoms with Gasteiger partial charge in [0.05, 0.1) is 18.7 Å². The number of nitrogens with zero attached hydrogens (tertiary/aromatic N) is 2. The van der Waals surface area contributed by atoms with E-state index in [1.807, 2.05) is 44.2 Å². The minimum absolute atomic E-state index is 0.109. The fourth-order valence-corrected chi connectivity index (χ4v) is 1.98. The van der Waals surface area contributed by atoms with Crippen molar-refractivity contribution < 1.29 is 9.53 Å². The summed E-state index contributed by atoms with van der Waals surface area (Å²) in [6.07, 6.45) is 0.298. The van der Waals surface area contributed by atoms with E-state index in [0.717, 1.165) is 22.4 Å². The zero-order valence-electron chi connectivity index (χ0n) is 12.5. The van der Waals surface area contributed by atoms with Crippen LogP contribution in [0.15, 0.2) is 30.3 Å². The van der Waals surface area contributed by atoms with Crippen molar-refractivity contribution >= 4 is 11.7 Å². The number of aromatic nitrogens is 2. The fraction of sp³-hybridized carbons (Fsp3) is 0.312. The van der Waals surface area contributed by atoms with Gasteiger partial charge in [0.25, 0.3) is 0 Å². The van der Waals surface area contributed by atoms with Crippen LogP contribution in [-0.2, 0) is 22.6 Å². The van der Waals surface area contributed by atoms with Gasteiger partial charge in [-0.25, -0.2) is 0 Å². The summed E-state index contributed by atoms with van der Waals surface area (Å²) in [5.41, 5.74) is 3.86. The van der Waals surface area contributed by atoms with E-state index in [1.54, 1.807) is 7.11 Å². The molecule has 0 saturated carbocycles. The number of ether oxygens (including phenoxy) is 1. The third-order valence-corrected chi connectivity index (χ3v) is 3.17. The first-order valence-electron chi connectivity index (χ1n) is 6.76. The fourth-order valence-electron chi connectivity index (χ4n) is 1.98. The molecule has 21 heavy (non-hydrogen) atoms. The molecule has 1 N–H and O–H groups in total. The van der Waals surface area contributed by atoms with Gasteiger partial charge in [0.1, 0.15) is 0 Å². The second kappa shape index (κ2) is 6.95. The van der Waals surface area contributed by atoms with E-state index in [2.05, 4.69) is 15.5 Å². The third-order valence-electron chi connectivity index (χ3n) is 3.17. The summed E-state index contributed by atoms with van der Waals surface area (Å²) in [5, 5.41) is 10.7. The average molecular weight is 285 g/mol. The van der Waals surface area contributed by atoms with Gasteiger partial charge in [0, 0.05) is 7.11 Å². The van der Waals surface area contributed by atoms with Crippen LogP contribution in [0.5, 0.6) is 0 Å². The summed E-state index contributed by atoms with van der Waals surface area (Å²) in [5.74, 6) is 0.373. The van der Waals surface area contributed by atoms with E-state index < -0.39 is 0 Å². The molecule has 2 aromatic rings. The summed E-state index contributed by atoms with van der Waals surface area (Å²) in [6.45, 7) is 4.36. The molecule has 1 amide bonds. The van der Waals surface area contributed by atoms with Crippen molar-refractivity contribution in [3.05, 3.63) is 52.7 Å². The Morgan fingerprint density at radius 2 is 1.95 bits per heavy atom. The number of benzene rings is 1. The molecule has 2 rings (SSSR count). The van der Waals surface area contributed by atoms with Crippen LogP contribution in [-0.4, -0.2) is 23.2 Å². The highest BCUT2D eigenvalue weighted by atomic mass is 16.5. The minimum Gasteiger partial charge on any atom is -0.380 e. The number of hydrogen-bond acceptors (Lipinski definition) is 4. The van der Waals surface area contributed by atoms with Gasteiger partial charge in [-0.2, -0.15) is 5.10 Å². The van der Waals surface area contributed by atoms with Gasteiger partial charge in [-0.15, -0.1) is 5.10 Å². The van der Waals surface area contributed by atoms with Crippen LogP contribution in [0.4, 0.5) is 5.82 Å². The van der Waals surface area contributed by atoms with E-state index in [9.17, 15) is 4.79 Å². The second-order valence-electron chi connectivity index (χ2n) is 4.98. The normalized spacial score (nSPS) is 10.4. The molecule has 0 unspecified atom stereocenters. The first-order chi connectivity index (χ1) is 10.1. The molecular formula is C16H19N3O2. The Balaban J connectivity index is 2.01. The lowest BCUT2D eigenvalue weighted by atomic mass is 10.1. The molecule has 0 atom stereocenters. The standard InChI is InChI=1S/C16H19N3O2/c1-11-7-15(19-18-12(11)2)17-16(20)9-13-5-4-6-14(8-13)10-21-3/h4-8H,9-10H2,1-3H3,(H,17,19,20). The number of aryl methyl sites for hydroxylation is 2. The number of anilines is 1. The van der Waals surface area contributed by atoms with Gasteiger partial charge >= 0.3 is 0 Å². The Kier molecular flexibility index (Phi) is 5.00. The van der Waals surface area contributed by atoms with Crippen LogP contribution >= 0.6 is 0 Å². The number of carbonyl (C=O) groups is 1. The lowest BCUT2D eigenvalue weighted by Gasteiger charge is -2.07. The van der Waals surface area contributed by atoms with Crippen LogP contribution in [0.25, 0.3) is 0 Å². The molecule has 1 aromatic carbocycles. The number of amides is 1. The molecule has 0 aliphatic heterocycles. The van der Waals surface area contributed by atoms with Gasteiger partial charge < -0.3 is 10.1 Å². The van der Waals surface area contributed by atoms with Crippen LogP contribution in [0.1, 0.15) is 22.4 Å². The third kappa shape index (κ3) is 4.36. The Morgan fingerprint density at radius 3 is 2.67 bits per heavy atom. The van der Waals surface area contributed by atoms with Crippen molar-refractivity contribution in [2.75, 3.05) is 12.4 Å². The zero-order chi connectivity index (χ0) is 15.2. The quantitative estimate of drug-likeness (QED) is 0.916. The highest BCUT2D eigenvalue weighted by Crippen LogP contribution is 2.10. The Morgan fingerprint density at radius 1 is 1.19 bits per heavy atom. The van der Waals surface area contributed by atoms with Crippen molar-refractivity contribution in [1.82, 2.24) is 10.2 Å². The van der Waals surface area contributed by atoms with Crippen LogP contribution in [0.2, 0.25) is 0 Å². The van der Waals surface area contributed by atoms with Crippen molar-refractivity contribution in [2.24, 2.45) is 0 Å². The van der Waals surface area contributed by atoms with Gasteiger partial charge in [0.15, 0.2) is 5.82 Å². The average Bonchev–Trinajstić information content (AvgIpc) is 2.43. The van der Waals surface area contributed by atoms with Crippen molar-refractivity contribution in [3.8, 4) is 0 Å². The molecule has 5 nitrogen and oxygen atoms in total. The number of methoxy groups -OCH3 is 1. The van der Waals surface area contributed by atoms with Gasteiger partial charge in [-0.05, 0) is 36.6 Å². The highest BCUT2D eigenvalue weighted by molar-refractivity contribution is 5.91. The monoisotopic (exact) mass is 285 g/mol. The maximum atomic E-state index is 12.0. The number of carbonyl (C=O) groups excluding carboxylic acids is 1. The first kappa shape index (κ1) is 15.1. The predicted molar refractivity (Wildman–Crippen MR) is 81.0 cm³/mol. The molecule has 0 fully saturated rings. The summed E-state index contributed by atoms with van der Waals surface area (Å²) >= 11 is 0.